The maximum atomic E-state index is 9.54. The van der Waals surface area contributed by atoms with E-state index in [1.807, 2.05) is 24.3 Å². The van der Waals surface area contributed by atoms with E-state index in [-0.39, 0.29) is 12.0 Å². The molecule has 0 radical (unpaired) electrons. The van der Waals surface area contributed by atoms with E-state index in [4.69, 9.17) is 14.7 Å². The van der Waals surface area contributed by atoms with Crippen molar-refractivity contribution in [3.05, 3.63) is 35.3 Å². The van der Waals surface area contributed by atoms with Crippen LogP contribution in [0, 0.1) is 5.41 Å². The van der Waals surface area contributed by atoms with Gasteiger partial charge in [0.05, 0.1) is 19.3 Å². The molecule has 0 atom stereocenters. The second-order valence-electron chi connectivity index (χ2n) is 7.96. The summed E-state index contributed by atoms with van der Waals surface area (Å²) in [5.41, 5.74) is 2.24. The highest BCUT2D eigenvalue weighted by Gasteiger charge is 2.31. The summed E-state index contributed by atoms with van der Waals surface area (Å²) in [7, 11) is 1.67. The maximum absolute atomic E-state index is 9.54. The topological polar surface area (TPSA) is 78.8 Å². The summed E-state index contributed by atoms with van der Waals surface area (Å²) in [6, 6.07) is 7.96. The van der Waals surface area contributed by atoms with Gasteiger partial charge in [-0.15, -0.1) is 11.3 Å². The number of rotatable bonds is 9. The number of hydrogen-bond acceptors (Lipinski definition) is 5. The van der Waals surface area contributed by atoms with Crippen LogP contribution in [0.4, 0.5) is 0 Å². The monoisotopic (exact) mass is 430 g/mol. The number of nitrogens with zero attached hydrogens (tertiary/aromatic N) is 2. The molecule has 1 aromatic heterocycles. The molecule has 0 aliphatic heterocycles. The highest BCUT2D eigenvalue weighted by Crippen LogP contribution is 2.38. The molecular formula is C23H34N4O2S. The Morgan fingerprint density at radius 2 is 1.97 bits per heavy atom. The molecule has 1 aromatic carbocycles. The van der Waals surface area contributed by atoms with Gasteiger partial charge in [0.2, 0.25) is 0 Å². The third kappa shape index (κ3) is 6.19. The van der Waals surface area contributed by atoms with Gasteiger partial charge in [0.25, 0.3) is 0 Å². The van der Waals surface area contributed by atoms with Gasteiger partial charge in [-0.3, -0.25) is 0 Å². The van der Waals surface area contributed by atoms with Crippen molar-refractivity contribution in [3.63, 3.8) is 0 Å². The summed E-state index contributed by atoms with van der Waals surface area (Å²) in [6.07, 6.45) is 7.03. The molecule has 30 heavy (non-hydrogen) atoms. The molecule has 0 amide bonds. The van der Waals surface area contributed by atoms with Gasteiger partial charge >= 0.3 is 0 Å². The van der Waals surface area contributed by atoms with Gasteiger partial charge in [0.1, 0.15) is 10.8 Å². The van der Waals surface area contributed by atoms with Crippen LogP contribution in [0.15, 0.2) is 34.6 Å². The van der Waals surface area contributed by atoms with E-state index in [9.17, 15) is 5.11 Å². The zero-order valence-corrected chi connectivity index (χ0v) is 18.9. The molecular weight excluding hydrogens is 396 g/mol. The summed E-state index contributed by atoms with van der Waals surface area (Å²) in [4.78, 5) is 9.49. The van der Waals surface area contributed by atoms with E-state index in [1.54, 1.807) is 18.4 Å². The normalized spacial score (nSPS) is 16.3. The SMILES string of the molecule is CCNC(=NCc1csc(-c2ccc(OC)cc2)n1)NCC1(CCO)CCCCC1. The molecule has 3 N–H and O–H groups in total. The first-order chi connectivity index (χ1) is 14.7. The van der Waals surface area contributed by atoms with Gasteiger partial charge in [-0.1, -0.05) is 19.3 Å². The second-order valence-corrected chi connectivity index (χ2v) is 8.81. The quantitative estimate of drug-likeness (QED) is 0.410. The number of ether oxygens (including phenoxy) is 1. The summed E-state index contributed by atoms with van der Waals surface area (Å²) in [6.45, 7) is 4.53. The van der Waals surface area contributed by atoms with Crippen molar-refractivity contribution in [2.45, 2.75) is 52.0 Å². The Morgan fingerprint density at radius 3 is 2.63 bits per heavy atom. The van der Waals surface area contributed by atoms with Gasteiger partial charge in [0, 0.05) is 30.6 Å². The molecule has 1 aliphatic carbocycles. The Labute approximate surface area is 183 Å². The summed E-state index contributed by atoms with van der Waals surface area (Å²) >= 11 is 1.63. The summed E-state index contributed by atoms with van der Waals surface area (Å²) < 4.78 is 5.22. The van der Waals surface area contributed by atoms with E-state index >= 15 is 0 Å². The van der Waals surface area contributed by atoms with Crippen molar-refractivity contribution in [2.24, 2.45) is 10.4 Å². The van der Waals surface area contributed by atoms with Gasteiger partial charge in [-0.2, -0.15) is 0 Å². The van der Waals surface area contributed by atoms with Crippen LogP contribution in [-0.4, -0.2) is 42.9 Å². The minimum atomic E-state index is 0.186. The third-order valence-electron chi connectivity index (χ3n) is 5.82. The molecule has 2 aromatic rings. The zero-order chi connectivity index (χ0) is 21.2. The van der Waals surface area contributed by atoms with Crippen molar-refractivity contribution in [1.29, 1.82) is 0 Å². The number of benzene rings is 1. The lowest BCUT2D eigenvalue weighted by Gasteiger charge is -2.37. The average Bonchev–Trinajstić information content (AvgIpc) is 3.26. The minimum Gasteiger partial charge on any atom is -0.497 e. The fourth-order valence-corrected chi connectivity index (χ4v) is 4.89. The number of aromatic nitrogens is 1. The van der Waals surface area contributed by atoms with Crippen molar-refractivity contribution in [3.8, 4) is 16.3 Å². The van der Waals surface area contributed by atoms with Crippen LogP contribution in [-0.2, 0) is 6.54 Å². The lowest BCUT2D eigenvalue weighted by molar-refractivity contribution is 0.131. The molecule has 0 saturated heterocycles. The number of aliphatic hydroxyl groups excluding tert-OH is 1. The van der Waals surface area contributed by atoms with Crippen molar-refractivity contribution in [1.82, 2.24) is 15.6 Å². The van der Waals surface area contributed by atoms with Crippen LogP contribution in [0.25, 0.3) is 10.6 Å². The predicted octanol–water partition coefficient (Wildman–Crippen LogP) is 4.21. The van der Waals surface area contributed by atoms with Gasteiger partial charge in [0.15, 0.2) is 5.96 Å². The molecule has 6 nitrogen and oxygen atoms in total. The Balaban J connectivity index is 1.62. The van der Waals surface area contributed by atoms with Crippen molar-refractivity contribution in [2.75, 3.05) is 26.8 Å². The van der Waals surface area contributed by atoms with Crippen LogP contribution in [0.1, 0.15) is 51.1 Å². The second kappa shape index (κ2) is 11.3. The van der Waals surface area contributed by atoms with E-state index in [0.717, 1.165) is 47.5 Å². The van der Waals surface area contributed by atoms with E-state index in [0.29, 0.717) is 6.54 Å². The number of guanidine groups is 1. The van der Waals surface area contributed by atoms with Crippen LogP contribution in [0.5, 0.6) is 5.75 Å². The average molecular weight is 431 g/mol. The summed E-state index contributed by atoms with van der Waals surface area (Å²) in [5.74, 6) is 1.66. The van der Waals surface area contributed by atoms with Gasteiger partial charge in [-0.05, 0) is 55.9 Å². The van der Waals surface area contributed by atoms with Gasteiger partial charge < -0.3 is 20.5 Å². The fraction of sp³-hybridized carbons (Fsp3) is 0.565. The lowest BCUT2D eigenvalue weighted by Crippen LogP contribution is -2.44. The summed E-state index contributed by atoms with van der Waals surface area (Å²) in [5, 5.41) is 19.5. The number of aliphatic imine (C=N–C) groups is 1. The molecule has 164 valence electrons. The first kappa shape index (κ1) is 22.6. The Bertz CT molecular complexity index is 792. The Morgan fingerprint density at radius 1 is 1.20 bits per heavy atom. The first-order valence-corrected chi connectivity index (χ1v) is 11.8. The molecule has 1 fully saturated rings. The number of thiazole rings is 1. The predicted molar refractivity (Wildman–Crippen MR) is 124 cm³/mol. The fourth-order valence-electron chi connectivity index (χ4n) is 4.07. The molecule has 0 unspecified atom stereocenters. The van der Waals surface area contributed by atoms with E-state index < -0.39 is 0 Å². The largest absolute Gasteiger partial charge is 0.497 e. The van der Waals surface area contributed by atoms with Crippen LogP contribution in [0.2, 0.25) is 0 Å². The van der Waals surface area contributed by atoms with Crippen molar-refractivity contribution < 1.29 is 9.84 Å². The maximum Gasteiger partial charge on any atom is 0.191 e. The molecule has 7 heteroatoms. The molecule has 0 spiro atoms. The molecule has 1 aliphatic rings. The lowest BCUT2D eigenvalue weighted by atomic mass is 9.72. The van der Waals surface area contributed by atoms with E-state index in [1.165, 1.54) is 32.1 Å². The Hall–Kier alpha value is -2.12. The van der Waals surface area contributed by atoms with Crippen LogP contribution >= 0.6 is 11.3 Å². The minimum absolute atomic E-state index is 0.186. The smallest absolute Gasteiger partial charge is 0.191 e. The third-order valence-corrected chi connectivity index (χ3v) is 6.76. The van der Waals surface area contributed by atoms with E-state index in [2.05, 4.69) is 22.9 Å². The number of hydrogen-bond donors (Lipinski definition) is 3. The van der Waals surface area contributed by atoms with Crippen molar-refractivity contribution >= 4 is 17.3 Å². The molecule has 3 rings (SSSR count). The van der Waals surface area contributed by atoms with Crippen LogP contribution in [0.3, 0.4) is 0 Å². The molecule has 0 bridgehead atoms. The molecule has 1 heterocycles. The highest BCUT2D eigenvalue weighted by molar-refractivity contribution is 7.13. The standard InChI is InChI=1S/C23H34N4O2S/c1-3-24-22(26-17-23(13-14-28)11-5-4-6-12-23)25-15-19-16-30-21(27-19)18-7-9-20(29-2)10-8-18/h7-10,16,28H,3-6,11-15,17H2,1-2H3,(H2,24,25,26). The number of aliphatic hydroxyl groups is 1. The zero-order valence-electron chi connectivity index (χ0n) is 18.1. The first-order valence-electron chi connectivity index (χ1n) is 10.9. The van der Waals surface area contributed by atoms with Gasteiger partial charge in [-0.25, -0.2) is 9.98 Å². The number of nitrogens with one attached hydrogen (secondary N) is 2. The van der Waals surface area contributed by atoms with Crippen LogP contribution < -0.4 is 15.4 Å². The Kier molecular flexibility index (Phi) is 8.51. The number of methoxy groups -OCH3 is 1. The highest BCUT2D eigenvalue weighted by atomic mass is 32.1. The molecule has 1 saturated carbocycles.